The van der Waals surface area contributed by atoms with Gasteiger partial charge < -0.3 is 5.73 Å². The van der Waals surface area contributed by atoms with Crippen LogP contribution in [-0.2, 0) is 0 Å². The van der Waals surface area contributed by atoms with E-state index in [2.05, 4.69) is 42.7 Å². The second-order valence-electron chi connectivity index (χ2n) is 3.80. The summed E-state index contributed by atoms with van der Waals surface area (Å²) in [6, 6.07) is 14.7. The van der Waals surface area contributed by atoms with Crippen LogP contribution in [0, 0.1) is 6.92 Å². The molecule has 0 bridgehead atoms. The van der Waals surface area contributed by atoms with E-state index in [1.165, 1.54) is 16.0 Å². The molecule has 82 valence electrons. The molecule has 0 unspecified atom stereocenters. The number of nitrogen functional groups attached to an aromatic ring is 1. The highest BCUT2D eigenvalue weighted by Gasteiger charge is 2.00. The zero-order valence-electron chi connectivity index (χ0n) is 9.53. The number of nitrogens with two attached hydrogens (primary N) is 1. The van der Waals surface area contributed by atoms with E-state index in [-0.39, 0.29) is 0 Å². The van der Waals surface area contributed by atoms with E-state index in [4.69, 9.17) is 5.73 Å². The molecule has 0 aliphatic rings. The van der Waals surface area contributed by atoms with Gasteiger partial charge in [0.1, 0.15) is 0 Å². The standard InChI is InChI=1S/C14H15NS/c1-10-9-12(5-8-14(10)15)11-3-6-13(16-2)7-4-11/h3-9H,15H2,1-2H3. The minimum absolute atomic E-state index is 0.851. The molecule has 0 aliphatic heterocycles. The average molecular weight is 229 g/mol. The Morgan fingerprint density at radius 2 is 1.56 bits per heavy atom. The van der Waals surface area contributed by atoms with Crippen LogP contribution in [-0.4, -0.2) is 6.26 Å². The molecule has 0 saturated heterocycles. The maximum Gasteiger partial charge on any atom is 0.0344 e. The fourth-order valence-electron chi connectivity index (χ4n) is 1.64. The van der Waals surface area contributed by atoms with Crippen LogP contribution < -0.4 is 5.73 Å². The minimum Gasteiger partial charge on any atom is -0.399 e. The topological polar surface area (TPSA) is 26.0 Å². The van der Waals surface area contributed by atoms with Crippen LogP contribution in [0.25, 0.3) is 11.1 Å². The Bertz CT molecular complexity index is 489. The van der Waals surface area contributed by atoms with Crippen molar-refractivity contribution in [2.24, 2.45) is 0 Å². The van der Waals surface area contributed by atoms with Gasteiger partial charge >= 0.3 is 0 Å². The maximum absolute atomic E-state index is 5.81. The summed E-state index contributed by atoms with van der Waals surface area (Å²) in [5, 5.41) is 0. The molecule has 0 aliphatic carbocycles. The Balaban J connectivity index is 2.38. The van der Waals surface area contributed by atoms with Crippen LogP contribution in [0.15, 0.2) is 47.4 Å². The monoisotopic (exact) mass is 229 g/mol. The summed E-state index contributed by atoms with van der Waals surface area (Å²) in [5.74, 6) is 0. The van der Waals surface area contributed by atoms with Gasteiger partial charge in [-0.2, -0.15) is 0 Å². The van der Waals surface area contributed by atoms with E-state index >= 15 is 0 Å². The number of hydrogen-bond donors (Lipinski definition) is 1. The Morgan fingerprint density at radius 3 is 2.12 bits per heavy atom. The van der Waals surface area contributed by atoms with Crippen LogP contribution in [0.1, 0.15) is 5.56 Å². The third-order valence-corrected chi connectivity index (χ3v) is 3.44. The van der Waals surface area contributed by atoms with Gasteiger partial charge in [-0.15, -0.1) is 11.8 Å². The molecule has 0 fully saturated rings. The number of benzene rings is 2. The highest BCUT2D eigenvalue weighted by atomic mass is 32.2. The van der Waals surface area contributed by atoms with E-state index in [0.717, 1.165) is 11.3 Å². The summed E-state index contributed by atoms with van der Waals surface area (Å²) in [7, 11) is 0. The van der Waals surface area contributed by atoms with Gasteiger partial charge in [0.25, 0.3) is 0 Å². The second-order valence-corrected chi connectivity index (χ2v) is 4.68. The lowest BCUT2D eigenvalue weighted by atomic mass is 10.0. The first-order valence-electron chi connectivity index (χ1n) is 5.21. The first kappa shape index (κ1) is 11.1. The van der Waals surface area contributed by atoms with Gasteiger partial charge in [-0.3, -0.25) is 0 Å². The summed E-state index contributed by atoms with van der Waals surface area (Å²) in [6.07, 6.45) is 2.09. The van der Waals surface area contributed by atoms with Gasteiger partial charge in [0.15, 0.2) is 0 Å². The Labute approximate surface area is 101 Å². The molecule has 0 amide bonds. The molecule has 2 heteroatoms. The number of thioether (sulfide) groups is 1. The van der Waals surface area contributed by atoms with E-state index in [1.54, 1.807) is 11.8 Å². The smallest absolute Gasteiger partial charge is 0.0344 e. The number of hydrogen-bond acceptors (Lipinski definition) is 2. The van der Waals surface area contributed by atoms with Crippen molar-refractivity contribution in [1.82, 2.24) is 0 Å². The van der Waals surface area contributed by atoms with Gasteiger partial charge in [0, 0.05) is 10.6 Å². The van der Waals surface area contributed by atoms with E-state index < -0.39 is 0 Å². The normalized spacial score (nSPS) is 10.4. The fourth-order valence-corrected chi connectivity index (χ4v) is 2.05. The van der Waals surface area contributed by atoms with Crippen LogP contribution in [0.3, 0.4) is 0 Å². The van der Waals surface area contributed by atoms with Crippen molar-refractivity contribution in [2.75, 3.05) is 12.0 Å². The van der Waals surface area contributed by atoms with Crippen LogP contribution in [0.4, 0.5) is 5.69 Å². The third-order valence-electron chi connectivity index (χ3n) is 2.69. The Hall–Kier alpha value is -1.41. The number of rotatable bonds is 2. The summed E-state index contributed by atoms with van der Waals surface area (Å²) in [6.45, 7) is 2.04. The highest BCUT2D eigenvalue weighted by Crippen LogP contribution is 2.25. The molecule has 2 rings (SSSR count). The number of aryl methyl sites for hydroxylation is 1. The zero-order chi connectivity index (χ0) is 11.5. The fraction of sp³-hybridized carbons (Fsp3) is 0.143. The molecule has 0 aromatic heterocycles. The molecular weight excluding hydrogens is 214 g/mol. The summed E-state index contributed by atoms with van der Waals surface area (Å²) in [5.41, 5.74) is 10.3. The van der Waals surface area contributed by atoms with E-state index in [0.29, 0.717) is 0 Å². The van der Waals surface area contributed by atoms with Gasteiger partial charge in [0.2, 0.25) is 0 Å². The summed E-state index contributed by atoms with van der Waals surface area (Å²) < 4.78 is 0. The quantitative estimate of drug-likeness (QED) is 0.623. The first-order chi connectivity index (χ1) is 7.70. The molecule has 2 aromatic carbocycles. The highest BCUT2D eigenvalue weighted by molar-refractivity contribution is 7.98. The second kappa shape index (κ2) is 4.62. The average Bonchev–Trinajstić information content (AvgIpc) is 2.33. The van der Waals surface area contributed by atoms with Gasteiger partial charge in [-0.1, -0.05) is 18.2 Å². The zero-order valence-corrected chi connectivity index (χ0v) is 10.3. The van der Waals surface area contributed by atoms with Crippen LogP contribution in [0.2, 0.25) is 0 Å². The first-order valence-corrected chi connectivity index (χ1v) is 6.44. The van der Waals surface area contributed by atoms with Crippen molar-refractivity contribution in [2.45, 2.75) is 11.8 Å². The summed E-state index contributed by atoms with van der Waals surface area (Å²) >= 11 is 1.76. The van der Waals surface area contributed by atoms with Crippen molar-refractivity contribution in [3.05, 3.63) is 48.0 Å². The van der Waals surface area contributed by atoms with Crippen molar-refractivity contribution in [3.63, 3.8) is 0 Å². The molecule has 2 N–H and O–H groups in total. The Morgan fingerprint density at radius 1 is 0.938 bits per heavy atom. The molecule has 0 saturated carbocycles. The lowest BCUT2D eigenvalue weighted by Gasteiger charge is -2.06. The van der Waals surface area contributed by atoms with Crippen molar-refractivity contribution in [3.8, 4) is 11.1 Å². The van der Waals surface area contributed by atoms with Crippen LogP contribution >= 0.6 is 11.8 Å². The van der Waals surface area contributed by atoms with Crippen molar-refractivity contribution in [1.29, 1.82) is 0 Å². The maximum atomic E-state index is 5.81. The largest absolute Gasteiger partial charge is 0.399 e. The molecule has 0 spiro atoms. The number of anilines is 1. The molecular formula is C14H15NS. The van der Waals surface area contributed by atoms with Gasteiger partial charge in [-0.05, 0) is 54.1 Å². The molecule has 1 nitrogen and oxygen atoms in total. The Kier molecular flexibility index (Phi) is 3.20. The van der Waals surface area contributed by atoms with E-state index in [9.17, 15) is 0 Å². The minimum atomic E-state index is 0.851. The van der Waals surface area contributed by atoms with Crippen molar-refractivity contribution >= 4 is 17.4 Å². The summed E-state index contributed by atoms with van der Waals surface area (Å²) in [4.78, 5) is 1.29. The van der Waals surface area contributed by atoms with Gasteiger partial charge in [-0.25, -0.2) is 0 Å². The molecule has 2 aromatic rings. The molecule has 0 atom stereocenters. The molecule has 0 heterocycles. The third kappa shape index (κ3) is 2.22. The SMILES string of the molecule is CSc1ccc(-c2ccc(N)c(C)c2)cc1. The van der Waals surface area contributed by atoms with Crippen molar-refractivity contribution < 1.29 is 0 Å². The predicted molar refractivity (Wildman–Crippen MR) is 72.8 cm³/mol. The lowest BCUT2D eigenvalue weighted by molar-refractivity contribution is 1.44. The lowest BCUT2D eigenvalue weighted by Crippen LogP contribution is -1.89. The van der Waals surface area contributed by atoms with E-state index in [1.807, 2.05) is 13.0 Å². The predicted octanol–water partition coefficient (Wildman–Crippen LogP) is 3.97. The van der Waals surface area contributed by atoms with Crippen LogP contribution in [0.5, 0.6) is 0 Å². The molecule has 0 radical (unpaired) electrons. The molecule has 16 heavy (non-hydrogen) atoms. The van der Waals surface area contributed by atoms with Gasteiger partial charge in [0.05, 0.1) is 0 Å².